The maximum atomic E-state index is 12.7. The molecule has 7 nitrogen and oxygen atoms in total. The highest BCUT2D eigenvalue weighted by Gasteiger charge is 2.27. The summed E-state index contributed by atoms with van der Waals surface area (Å²) in [5.74, 6) is 0.296. The van der Waals surface area contributed by atoms with E-state index < -0.39 is 4.94 Å². The number of hydrogen-bond acceptors (Lipinski definition) is 6. The van der Waals surface area contributed by atoms with Crippen molar-refractivity contribution in [2.24, 2.45) is 0 Å². The standard InChI is InChI=1S/C18H13ClN2O4S.H2O/c1-24-14-6-10(7-15-16(14)25-18(23)26-15)5-11-9-20-21(17(11)22)13-4-2-3-12(19)8-13;/h2-8,20H,9H2,1H3;1H2/b11-5+;. The molecule has 0 saturated carbocycles. The van der Waals surface area contributed by atoms with Crippen molar-refractivity contribution in [3.8, 4) is 5.75 Å². The Hall–Kier alpha value is -2.65. The summed E-state index contributed by atoms with van der Waals surface area (Å²) < 4.78 is 11.1. The molecule has 1 aliphatic heterocycles. The molecule has 0 aliphatic carbocycles. The summed E-state index contributed by atoms with van der Waals surface area (Å²) in [6, 6.07) is 10.6. The predicted molar refractivity (Wildman–Crippen MR) is 105 cm³/mol. The van der Waals surface area contributed by atoms with Crippen LogP contribution in [0.2, 0.25) is 5.02 Å². The number of hydrazine groups is 1. The van der Waals surface area contributed by atoms with Crippen LogP contribution in [-0.4, -0.2) is 25.0 Å². The zero-order valence-electron chi connectivity index (χ0n) is 14.1. The summed E-state index contributed by atoms with van der Waals surface area (Å²) in [7, 11) is 1.51. The Kier molecular flexibility index (Phi) is 5.33. The first-order valence-corrected chi connectivity index (χ1v) is 8.90. The van der Waals surface area contributed by atoms with Crippen LogP contribution in [0.3, 0.4) is 0 Å². The van der Waals surface area contributed by atoms with E-state index in [0.29, 0.717) is 38.9 Å². The number of fused-ring (bicyclic) bond motifs is 1. The Morgan fingerprint density at radius 1 is 1.30 bits per heavy atom. The van der Waals surface area contributed by atoms with Crippen molar-refractivity contribution in [2.75, 3.05) is 18.7 Å². The molecule has 0 bridgehead atoms. The lowest BCUT2D eigenvalue weighted by Gasteiger charge is -2.15. The monoisotopic (exact) mass is 406 g/mol. The van der Waals surface area contributed by atoms with Gasteiger partial charge < -0.3 is 14.6 Å². The third-order valence-corrected chi connectivity index (χ3v) is 4.96. The Morgan fingerprint density at radius 2 is 2.11 bits per heavy atom. The second-order valence-corrected chi connectivity index (χ2v) is 7.04. The zero-order valence-corrected chi connectivity index (χ0v) is 15.7. The van der Waals surface area contributed by atoms with Crippen LogP contribution in [-0.2, 0) is 4.79 Å². The molecule has 1 saturated heterocycles. The summed E-state index contributed by atoms with van der Waals surface area (Å²) in [6.45, 7) is 0.382. The largest absolute Gasteiger partial charge is 0.493 e. The van der Waals surface area contributed by atoms with E-state index in [4.69, 9.17) is 20.8 Å². The van der Waals surface area contributed by atoms with Gasteiger partial charge in [-0.3, -0.25) is 4.79 Å². The lowest BCUT2D eigenvalue weighted by Crippen LogP contribution is -2.34. The van der Waals surface area contributed by atoms with Gasteiger partial charge in [0.15, 0.2) is 11.3 Å². The molecule has 9 heteroatoms. The topological polar surface area (TPSA) is 103 Å². The maximum Gasteiger partial charge on any atom is 0.396 e. The molecule has 3 aromatic rings. The highest BCUT2D eigenvalue weighted by atomic mass is 35.5. The smallest absolute Gasteiger partial charge is 0.396 e. The van der Waals surface area contributed by atoms with E-state index in [1.807, 2.05) is 0 Å². The first kappa shape index (κ1) is 19.1. The molecule has 4 rings (SSSR count). The second-order valence-electron chi connectivity index (χ2n) is 5.63. The van der Waals surface area contributed by atoms with Crippen molar-refractivity contribution >= 4 is 50.9 Å². The van der Waals surface area contributed by atoms with Gasteiger partial charge in [0.25, 0.3) is 5.91 Å². The number of halogens is 1. The molecular weight excluding hydrogens is 392 g/mol. The van der Waals surface area contributed by atoms with Crippen molar-refractivity contribution < 1.29 is 19.4 Å². The van der Waals surface area contributed by atoms with Crippen LogP contribution in [0.1, 0.15) is 5.56 Å². The fourth-order valence-electron chi connectivity index (χ4n) is 2.80. The molecule has 0 atom stereocenters. The minimum Gasteiger partial charge on any atom is -0.493 e. The molecule has 2 heterocycles. The third kappa shape index (κ3) is 3.60. The number of anilines is 1. The van der Waals surface area contributed by atoms with E-state index in [1.54, 1.807) is 42.5 Å². The number of ether oxygens (including phenoxy) is 1. The molecule has 0 unspecified atom stereocenters. The molecule has 140 valence electrons. The summed E-state index contributed by atoms with van der Waals surface area (Å²) in [5.41, 5.74) is 5.48. The molecule has 27 heavy (non-hydrogen) atoms. The normalized spacial score (nSPS) is 15.4. The van der Waals surface area contributed by atoms with Gasteiger partial charge in [-0.1, -0.05) is 29.0 Å². The fraction of sp³-hybridized carbons (Fsp3) is 0.111. The van der Waals surface area contributed by atoms with Crippen molar-refractivity contribution in [3.63, 3.8) is 0 Å². The van der Waals surface area contributed by atoms with Crippen LogP contribution in [0.25, 0.3) is 16.4 Å². The number of carbonyl (C=O) groups is 1. The minimum atomic E-state index is -0.395. The lowest BCUT2D eigenvalue weighted by atomic mass is 10.1. The maximum absolute atomic E-state index is 12.7. The third-order valence-electron chi connectivity index (χ3n) is 3.95. The lowest BCUT2D eigenvalue weighted by molar-refractivity contribution is -0.114. The van der Waals surface area contributed by atoms with E-state index in [1.165, 1.54) is 12.1 Å². The summed E-state index contributed by atoms with van der Waals surface area (Å²) in [4.78, 5) is 23.8. The van der Waals surface area contributed by atoms with E-state index in [-0.39, 0.29) is 11.4 Å². The summed E-state index contributed by atoms with van der Waals surface area (Å²) in [5, 5.41) is 2.02. The average Bonchev–Trinajstić information content (AvgIpc) is 3.16. The highest BCUT2D eigenvalue weighted by molar-refractivity contribution is 7.16. The summed E-state index contributed by atoms with van der Waals surface area (Å²) in [6.07, 6.45) is 1.77. The molecule has 2 aromatic carbocycles. The van der Waals surface area contributed by atoms with Gasteiger partial charge in [0.2, 0.25) is 0 Å². The number of amides is 1. The molecule has 1 fully saturated rings. The van der Waals surface area contributed by atoms with E-state index in [0.717, 1.165) is 16.9 Å². The SMILES string of the molecule is COc1cc(/C=C2\CNN(c3cccc(Cl)c3)C2=O)cc2sc(=O)oc12.O. The Balaban J connectivity index is 0.00000210. The first-order valence-electron chi connectivity index (χ1n) is 7.71. The molecular formula is C18H15ClN2O5S. The molecule has 1 aromatic heterocycles. The van der Waals surface area contributed by atoms with Gasteiger partial charge >= 0.3 is 4.94 Å². The number of methoxy groups -OCH3 is 1. The number of carbonyl (C=O) groups excluding carboxylic acids is 1. The van der Waals surface area contributed by atoms with Crippen molar-refractivity contribution in [1.82, 2.24) is 5.43 Å². The van der Waals surface area contributed by atoms with Gasteiger partial charge in [-0.15, -0.1) is 0 Å². The molecule has 1 amide bonds. The van der Waals surface area contributed by atoms with Gasteiger partial charge in [-0.05, 0) is 42.0 Å². The Bertz CT molecular complexity index is 1100. The van der Waals surface area contributed by atoms with Crippen molar-refractivity contribution in [2.45, 2.75) is 0 Å². The van der Waals surface area contributed by atoms with E-state index >= 15 is 0 Å². The van der Waals surface area contributed by atoms with Gasteiger partial charge in [0.1, 0.15) is 0 Å². The number of benzene rings is 2. The minimum absolute atomic E-state index is 0. The van der Waals surface area contributed by atoms with Crippen LogP contribution in [0.15, 0.2) is 51.2 Å². The van der Waals surface area contributed by atoms with Gasteiger partial charge in [0.05, 0.1) is 17.5 Å². The van der Waals surface area contributed by atoms with Gasteiger partial charge in [-0.25, -0.2) is 15.2 Å². The van der Waals surface area contributed by atoms with E-state index in [2.05, 4.69) is 5.43 Å². The first-order chi connectivity index (χ1) is 12.5. The van der Waals surface area contributed by atoms with Crippen LogP contribution < -0.4 is 20.1 Å². The number of rotatable bonds is 3. The Morgan fingerprint density at radius 3 is 2.85 bits per heavy atom. The molecule has 0 radical (unpaired) electrons. The van der Waals surface area contributed by atoms with Crippen molar-refractivity contribution in [1.29, 1.82) is 0 Å². The van der Waals surface area contributed by atoms with E-state index in [9.17, 15) is 9.59 Å². The fourth-order valence-corrected chi connectivity index (χ4v) is 3.71. The summed E-state index contributed by atoms with van der Waals surface area (Å²) >= 11 is 7.00. The zero-order chi connectivity index (χ0) is 18.3. The highest BCUT2D eigenvalue weighted by Crippen LogP contribution is 2.31. The quantitative estimate of drug-likeness (QED) is 0.673. The molecule has 1 aliphatic rings. The van der Waals surface area contributed by atoms with Gasteiger partial charge in [-0.2, -0.15) is 0 Å². The predicted octanol–water partition coefficient (Wildman–Crippen LogP) is 2.63. The Labute approximate surface area is 162 Å². The molecule has 0 spiro atoms. The van der Waals surface area contributed by atoms with Crippen LogP contribution in [0.4, 0.5) is 5.69 Å². The van der Waals surface area contributed by atoms with Crippen molar-refractivity contribution in [3.05, 3.63) is 62.3 Å². The van der Waals surface area contributed by atoms with Crippen LogP contribution in [0.5, 0.6) is 5.75 Å². The van der Waals surface area contributed by atoms with Crippen LogP contribution in [0, 0.1) is 0 Å². The average molecular weight is 407 g/mol. The number of nitrogens with one attached hydrogen (secondary N) is 1. The number of hydrogen-bond donors (Lipinski definition) is 1. The number of nitrogens with zero attached hydrogens (tertiary/aromatic N) is 1. The molecule has 3 N–H and O–H groups in total. The van der Waals surface area contributed by atoms with Gasteiger partial charge in [0, 0.05) is 17.1 Å². The second kappa shape index (κ2) is 7.53. The van der Waals surface area contributed by atoms with Crippen LogP contribution >= 0.6 is 22.9 Å².